The molecular weight excluding hydrogens is 276 g/mol. The van der Waals surface area contributed by atoms with E-state index in [2.05, 4.69) is 13.8 Å². The van der Waals surface area contributed by atoms with Gasteiger partial charge in [0.1, 0.15) is 17.1 Å². The molecule has 0 aromatic rings. The van der Waals surface area contributed by atoms with Crippen molar-refractivity contribution < 1.29 is 19.3 Å². The van der Waals surface area contributed by atoms with E-state index >= 15 is 0 Å². The Hall–Kier alpha value is 0.190. The van der Waals surface area contributed by atoms with Crippen LogP contribution in [0, 0.1) is 0 Å². The number of ether oxygens (including phenoxy) is 3. The molecule has 0 saturated carbocycles. The molecule has 0 unspecified atom stereocenters. The second-order valence-corrected chi connectivity index (χ2v) is 6.85. The lowest BCUT2D eigenvalue weighted by molar-refractivity contribution is -0.131. The van der Waals surface area contributed by atoms with E-state index in [-0.39, 0.29) is 16.8 Å². The van der Waals surface area contributed by atoms with Crippen LogP contribution in [0.2, 0.25) is 0 Å². The van der Waals surface area contributed by atoms with Crippen LogP contribution in [0.25, 0.3) is 0 Å². The molecule has 1 rings (SSSR count). The third-order valence-corrected chi connectivity index (χ3v) is 5.27. The topological polar surface area (TPSA) is 47.9 Å². The van der Waals surface area contributed by atoms with Crippen LogP contribution in [0.15, 0.2) is 0 Å². The summed E-state index contributed by atoms with van der Waals surface area (Å²) < 4.78 is 17.0. The zero-order chi connectivity index (χ0) is 15.0. The zero-order valence-electron chi connectivity index (χ0n) is 13.3. The molecule has 5 heteroatoms. The number of thioether (sulfide) groups is 1. The highest BCUT2D eigenvalue weighted by atomic mass is 32.2. The maximum atomic E-state index is 10.7. The molecule has 1 saturated heterocycles. The molecule has 0 radical (unpaired) electrons. The summed E-state index contributed by atoms with van der Waals surface area (Å²) in [6.07, 6.45) is 4.08. The van der Waals surface area contributed by atoms with E-state index in [4.69, 9.17) is 14.2 Å². The van der Waals surface area contributed by atoms with Gasteiger partial charge in [-0.05, 0) is 19.8 Å². The summed E-state index contributed by atoms with van der Waals surface area (Å²) in [5.74, 6) is 0. The standard InChI is InChI=1S/C15H30O4S/c1-5-7-9-18-11-12-13(19-10-8-6-2)15(3,16)14(17-4)20-12/h12-14,16H,5-11H2,1-4H3/t12-,13-,14+,15-/m1/s1. The SMILES string of the molecule is CCCCOC[C@H]1S[C@H](OC)[C@](C)(O)[C@@H]1OCCCC. The molecule has 1 aliphatic heterocycles. The first kappa shape index (κ1) is 18.2. The summed E-state index contributed by atoms with van der Waals surface area (Å²) in [5, 5.41) is 10.8. The van der Waals surface area contributed by atoms with Crippen LogP contribution in [0.1, 0.15) is 46.5 Å². The van der Waals surface area contributed by atoms with Gasteiger partial charge >= 0.3 is 0 Å². The van der Waals surface area contributed by atoms with Gasteiger partial charge in [-0.2, -0.15) is 0 Å². The minimum Gasteiger partial charge on any atom is -0.384 e. The number of methoxy groups -OCH3 is 1. The van der Waals surface area contributed by atoms with Crippen molar-refractivity contribution in [2.75, 3.05) is 26.9 Å². The molecule has 1 heterocycles. The van der Waals surface area contributed by atoms with E-state index in [0.717, 1.165) is 32.3 Å². The molecule has 1 N–H and O–H groups in total. The van der Waals surface area contributed by atoms with E-state index in [1.807, 2.05) is 0 Å². The molecule has 20 heavy (non-hydrogen) atoms. The quantitative estimate of drug-likeness (QED) is 0.629. The molecule has 0 aromatic carbocycles. The van der Waals surface area contributed by atoms with Crippen molar-refractivity contribution in [3.63, 3.8) is 0 Å². The number of rotatable bonds is 10. The minimum absolute atomic E-state index is 0.128. The van der Waals surface area contributed by atoms with E-state index in [1.165, 1.54) is 0 Å². The highest BCUT2D eigenvalue weighted by molar-refractivity contribution is 8.00. The van der Waals surface area contributed by atoms with Crippen molar-refractivity contribution in [2.24, 2.45) is 0 Å². The summed E-state index contributed by atoms with van der Waals surface area (Å²) >= 11 is 1.62. The number of hydrogen-bond acceptors (Lipinski definition) is 5. The van der Waals surface area contributed by atoms with Gasteiger partial charge in [0, 0.05) is 20.3 Å². The first-order valence-electron chi connectivity index (χ1n) is 7.67. The van der Waals surface area contributed by atoms with Gasteiger partial charge in [-0.15, -0.1) is 11.8 Å². The van der Waals surface area contributed by atoms with Gasteiger partial charge < -0.3 is 19.3 Å². The molecule has 4 atom stereocenters. The van der Waals surface area contributed by atoms with Crippen molar-refractivity contribution in [1.29, 1.82) is 0 Å². The summed E-state index contributed by atoms with van der Waals surface area (Å²) in [7, 11) is 1.63. The van der Waals surface area contributed by atoms with Crippen LogP contribution in [-0.2, 0) is 14.2 Å². The van der Waals surface area contributed by atoms with Crippen LogP contribution < -0.4 is 0 Å². The Balaban J connectivity index is 2.54. The highest BCUT2D eigenvalue weighted by Gasteiger charge is 2.53. The van der Waals surface area contributed by atoms with Crippen molar-refractivity contribution >= 4 is 11.8 Å². The van der Waals surface area contributed by atoms with Gasteiger partial charge in [-0.3, -0.25) is 0 Å². The Morgan fingerprint density at radius 1 is 1.15 bits per heavy atom. The van der Waals surface area contributed by atoms with E-state index in [0.29, 0.717) is 13.2 Å². The molecule has 0 aromatic heterocycles. The molecule has 4 nitrogen and oxygen atoms in total. The lowest BCUT2D eigenvalue weighted by atomic mass is 9.97. The average Bonchev–Trinajstić information content (AvgIpc) is 2.66. The smallest absolute Gasteiger partial charge is 0.134 e. The minimum atomic E-state index is -0.966. The van der Waals surface area contributed by atoms with Crippen LogP contribution in [0.3, 0.4) is 0 Å². The van der Waals surface area contributed by atoms with Crippen molar-refractivity contribution in [3.8, 4) is 0 Å². The maximum absolute atomic E-state index is 10.7. The van der Waals surface area contributed by atoms with Gasteiger partial charge in [0.2, 0.25) is 0 Å². The Labute approximate surface area is 127 Å². The Bertz CT molecular complexity index is 260. The molecule has 1 aliphatic rings. The van der Waals surface area contributed by atoms with E-state index in [1.54, 1.807) is 25.8 Å². The normalized spacial score (nSPS) is 33.8. The Morgan fingerprint density at radius 2 is 1.80 bits per heavy atom. The highest BCUT2D eigenvalue weighted by Crippen LogP contribution is 2.43. The third kappa shape index (κ3) is 4.88. The summed E-state index contributed by atoms with van der Waals surface area (Å²) in [6.45, 7) is 8.15. The fourth-order valence-electron chi connectivity index (χ4n) is 2.38. The monoisotopic (exact) mass is 306 g/mol. The van der Waals surface area contributed by atoms with E-state index in [9.17, 15) is 5.11 Å². The lowest BCUT2D eigenvalue weighted by Gasteiger charge is -2.30. The maximum Gasteiger partial charge on any atom is 0.134 e. The molecule has 120 valence electrons. The first-order chi connectivity index (χ1) is 9.57. The van der Waals surface area contributed by atoms with Gasteiger partial charge in [0.15, 0.2) is 0 Å². The van der Waals surface area contributed by atoms with E-state index < -0.39 is 5.60 Å². The van der Waals surface area contributed by atoms with Crippen molar-refractivity contribution in [3.05, 3.63) is 0 Å². The second-order valence-electron chi connectivity index (χ2n) is 5.54. The first-order valence-corrected chi connectivity index (χ1v) is 8.62. The summed E-state index contributed by atoms with van der Waals surface area (Å²) in [4.78, 5) is 0. The van der Waals surface area contributed by atoms with Gasteiger partial charge in [-0.1, -0.05) is 26.7 Å². The Kier molecular flexibility index (Phi) is 8.44. The second kappa shape index (κ2) is 9.26. The van der Waals surface area contributed by atoms with Crippen LogP contribution in [-0.4, -0.2) is 54.4 Å². The number of hydrogen-bond donors (Lipinski definition) is 1. The van der Waals surface area contributed by atoms with Crippen LogP contribution in [0.4, 0.5) is 0 Å². The van der Waals surface area contributed by atoms with Gasteiger partial charge in [0.05, 0.1) is 11.9 Å². The summed E-state index contributed by atoms with van der Waals surface area (Å²) in [6, 6.07) is 0. The Morgan fingerprint density at radius 3 is 2.40 bits per heavy atom. The van der Waals surface area contributed by atoms with Crippen LogP contribution >= 0.6 is 11.8 Å². The lowest BCUT2D eigenvalue weighted by Crippen LogP contribution is -2.48. The molecule has 0 spiro atoms. The summed E-state index contributed by atoms with van der Waals surface area (Å²) in [5.41, 5.74) is -1.22. The van der Waals surface area contributed by atoms with Crippen LogP contribution in [0.5, 0.6) is 0 Å². The number of unbranched alkanes of at least 4 members (excludes halogenated alkanes) is 2. The molecule has 0 amide bonds. The predicted molar refractivity (Wildman–Crippen MR) is 83.2 cm³/mol. The van der Waals surface area contributed by atoms with Crippen molar-refractivity contribution in [2.45, 2.75) is 68.8 Å². The average molecular weight is 306 g/mol. The largest absolute Gasteiger partial charge is 0.384 e. The molecule has 0 bridgehead atoms. The zero-order valence-corrected chi connectivity index (χ0v) is 14.1. The fraction of sp³-hybridized carbons (Fsp3) is 1.00. The molecular formula is C15H30O4S. The van der Waals surface area contributed by atoms with Gasteiger partial charge in [0.25, 0.3) is 0 Å². The predicted octanol–water partition coefficient (Wildman–Crippen LogP) is 2.83. The fourth-order valence-corrected chi connectivity index (χ4v) is 3.89. The molecule has 0 aliphatic carbocycles. The number of aliphatic hydroxyl groups is 1. The molecule has 1 fully saturated rings. The third-order valence-electron chi connectivity index (χ3n) is 3.62. The van der Waals surface area contributed by atoms with Gasteiger partial charge in [-0.25, -0.2) is 0 Å². The van der Waals surface area contributed by atoms with Crippen molar-refractivity contribution in [1.82, 2.24) is 0 Å².